The van der Waals surface area contributed by atoms with Crippen LogP contribution in [0, 0.1) is 0 Å². The fraction of sp³-hybridized carbons (Fsp3) is 0.136. The van der Waals surface area contributed by atoms with Gasteiger partial charge in [0.25, 0.3) is 0 Å². The van der Waals surface area contributed by atoms with Gasteiger partial charge in [-0.2, -0.15) is 0 Å². The number of hydrogen-bond acceptors (Lipinski definition) is 3. The molecule has 132 valence electrons. The van der Waals surface area contributed by atoms with Crippen LogP contribution in [0.4, 0.5) is 0 Å². The van der Waals surface area contributed by atoms with Crippen molar-refractivity contribution in [1.82, 2.24) is 0 Å². The van der Waals surface area contributed by atoms with Gasteiger partial charge in [-0.1, -0.05) is 48.5 Å². The van der Waals surface area contributed by atoms with E-state index < -0.39 is 5.97 Å². The lowest BCUT2D eigenvalue weighted by Gasteiger charge is -2.13. The van der Waals surface area contributed by atoms with Crippen LogP contribution in [0.5, 0.6) is 11.5 Å². The third-order valence-corrected chi connectivity index (χ3v) is 4.04. The van der Waals surface area contributed by atoms with Crippen LogP contribution in [0.3, 0.4) is 0 Å². The molecule has 3 aromatic rings. The van der Waals surface area contributed by atoms with Crippen LogP contribution in [0.1, 0.15) is 11.1 Å². The van der Waals surface area contributed by atoms with Crippen LogP contribution in [-0.2, 0) is 17.8 Å². The molecule has 0 atom stereocenters. The second-order valence-corrected chi connectivity index (χ2v) is 5.90. The Hall–Kier alpha value is -3.27. The molecule has 0 fully saturated rings. The molecule has 4 nitrogen and oxygen atoms in total. The van der Waals surface area contributed by atoms with E-state index in [0.717, 1.165) is 22.4 Å². The largest absolute Gasteiger partial charge is 0.497 e. The summed E-state index contributed by atoms with van der Waals surface area (Å²) in [7, 11) is 1.62. The molecular formula is C22H20O4. The Bertz CT molecular complexity index is 888. The molecule has 3 rings (SSSR count). The maximum atomic E-state index is 11.3. The van der Waals surface area contributed by atoms with E-state index in [4.69, 9.17) is 9.47 Å². The normalized spacial score (nSPS) is 10.3. The number of aliphatic carboxylic acids is 1. The molecule has 0 radical (unpaired) electrons. The van der Waals surface area contributed by atoms with Gasteiger partial charge in [-0.05, 0) is 41.0 Å². The highest BCUT2D eigenvalue weighted by Gasteiger charge is 2.11. The summed E-state index contributed by atoms with van der Waals surface area (Å²) in [4.78, 5) is 11.3. The number of benzene rings is 3. The highest BCUT2D eigenvalue weighted by Crippen LogP contribution is 2.29. The van der Waals surface area contributed by atoms with Crippen molar-refractivity contribution in [1.29, 1.82) is 0 Å². The van der Waals surface area contributed by atoms with Crippen LogP contribution in [0.15, 0.2) is 72.8 Å². The summed E-state index contributed by atoms with van der Waals surface area (Å²) in [5, 5.41) is 9.24. The van der Waals surface area contributed by atoms with E-state index in [1.54, 1.807) is 7.11 Å². The summed E-state index contributed by atoms with van der Waals surface area (Å²) >= 11 is 0. The first-order chi connectivity index (χ1) is 12.7. The van der Waals surface area contributed by atoms with Gasteiger partial charge in [0.05, 0.1) is 13.5 Å². The summed E-state index contributed by atoms with van der Waals surface area (Å²) in [5.41, 5.74) is 3.57. The van der Waals surface area contributed by atoms with Gasteiger partial charge in [-0.15, -0.1) is 0 Å². The van der Waals surface area contributed by atoms with Gasteiger partial charge in [0.1, 0.15) is 18.1 Å². The van der Waals surface area contributed by atoms with Gasteiger partial charge in [-0.25, -0.2) is 0 Å². The molecule has 0 unspecified atom stereocenters. The lowest BCUT2D eigenvalue weighted by molar-refractivity contribution is -0.136. The summed E-state index contributed by atoms with van der Waals surface area (Å²) in [6.45, 7) is 0.395. The van der Waals surface area contributed by atoms with E-state index in [0.29, 0.717) is 17.9 Å². The summed E-state index contributed by atoms with van der Waals surface area (Å²) < 4.78 is 11.1. The highest BCUT2D eigenvalue weighted by atomic mass is 16.5. The Labute approximate surface area is 152 Å². The van der Waals surface area contributed by atoms with Crippen molar-refractivity contribution in [2.45, 2.75) is 13.0 Å². The van der Waals surface area contributed by atoms with E-state index >= 15 is 0 Å². The molecule has 4 heteroatoms. The predicted octanol–water partition coefficient (Wildman–Crippen LogP) is 4.57. The van der Waals surface area contributed by atoms with Crippen molar-refractivity contribution in [2.24, 2.45) is 0 Å². The number of hydrogen-bond donors (Lipinski definition) is 1. The second kappa shape index (κ2) is 8.21. The SMILES string of the molecule is COc1cccc(-c2ccc(OCc3ccccc3)c(CC(=O)O)c2)c1. The Morgan fingerprint density at radius 1 is 0.923 bits per heavy atom. The quantitative estimate of drug-likeness (QED) is 0.680. The van der Waals surface area contributed by atoms with Crippen LogP contribution in [-0.4, -0.2) is 18.2 Å². The fourth-order valence-electron chi connectivity index (χ4n) is 2.74. The zero-order chi connectivity index (χ0) is 18.4. The molecule has 0 aliphatic carbocycles. The summed E-state index contributed by atoms with van der Waals surface area (Å²) in [5.74, 6) is 0.451. The van der Waals surface area contributed by atoms with Crippen molar-refractivity contribution in [2.75, 3.05) is 7.11 Å². The maximum absolute atomic E-state index is 11.3. The van der Waals surface area contributed by atoms with Crippen molar-refractivity contribution < 1.29 is 19.4 Å². The number of carboxylic acid groups (broad SMARTS) is 1. The van der Waals surface area contributed by atoms with Crippen molar-refractivity contribution in [3.8, 4) is 22.6 Å². The standard InChI is InChI=1S/C22H20O4/c1-25-20-9-5-8-17(13-20)18-10-11-21(19(12-18)14-22(23)24)26-15-16-6-3-2-4-7-16/h2-13H,14-15H2,1H3,(H,23,24). The molecule has 0 spiro atoms. The molecular weight excluding hydrogens is 328 g/mol. The topological polar surface area (TPSA) is 55.8 Å². The van der Waals surface area contributed by atoms with E-state index in [1.165, 1.54) is 0 Å². The molecule has 0 aliphatic heterocycles. The lowest BCUT2D eigenvalue weighted by Crippen LogP contribution is -2.04. The van der Waals surface area contributed by atoms with E-state index in [-0.39, 0.29) is 6.42 Å². The smallest absolute Gasteiger partial charge is 0.307 e. The van der Waals surface area contributed by atoms with Crippen molar-refractivity contribution >= 4 is 5.97 Å². The van der Waals surface area contributed by atoms with Crippen LogP contribution < -0.4 is 9.47 Å². The molecule has 0 aromatic heterocycles. The first-order valence-corrected chi connectivity index (χ1v) is 8.31. The zero-order valence-electron chi connectivity index (χ0n) is 14.5. The van der Waals surface area contributed by atoms with E-state index in [2.05, 4.69) is 0 Å². The monoisotopic (exact) mass is 348 g/mol. The van der Waals surface area contributed by atoms with Crippen LogP contribution in [0.2, 0.25) is 0 Å². The lowest BCUT2D eigenvalue weighted by atomic mass is 10.0. The molecule has 1 N–H and O–H groups in total. The molecule has 0 heterocycles. The van der Waals surface area contributed by atoms with Gasteiger partial charge >= 0.3 is 5.97 Å². The van der Waals surface area contributed by atoms with Crippen molar-refractivity contribution in [3.63, 3.8) is 0 Å². The van der Waals surface area contributed by atoms with Crippen LogP contribution in [0.25, 0.3) is 11.1 Å². The third-order valence-electron chi connectivity index (χ3n) is 4.04. The Kier molecular flexibility index (Phi) is 5.54. The fourth-order valence-corrected chi connectivity index (χ4v) is 2.74. The average molecular weight is 348 g/mol. The van der Waals surface area contributed by atoms with E-state index in [1.807, 2.05) is 72.8 Å². The number of carbonyl (C=O) groups is 1. The van der Waals surface area contributed by atoms with Gasteiger partial charge in [0, 0.05) is 5.56 Å². The Morgan fingerprint density at radius 2 is 1.69 bits per heavy atom. The van der Waals surface area contributed by atoms with Gasteiger partial charge in [-0.3, -0.25) is 4.79 Å². The Balaban J connectivity index is 1.88. The first-order valence-electron chi connectivity index (χ1n) is 8.31. The first kappa shape index (κ1) is 17.5. The van der Waals surface area contributed by atoms with Crippen LogP contribution >= 0.6 is 0 Å². The molecule has 0 saturated heterocycles. The molecule has 0 aliphatic rings. The maximum Gasteiger partial charge on any atom is 0.307 e. The molecule has 0 amide bonds. The zero-order valence-corrected chi connectivity index (χ0v) is 14.5. The minimum absolute atomic E-state index is 0.0953. The number of methoxy groups -OCH3 is 1. The second-order valence-electron chi connectivity index (χ2n) is 5.90. The number of ether oxygens (including phenoxy) is 2. The molecule has 26 heavy (non-hydrogen) atoms. The van der Waals surface area contributed by atoms with Gasteiger partial charge in [0.2, 0.25) is 0 Å². The van der Waals surface area contributed by atoms with E-state index in [9.17, 15) is 9.90 Å². The summed E-state index contributed by atoms with van der Waals surface area (Å²) in [6.07, 6.45) is -0.0953. The number of rotatable bonds is 7. The molecule has 3 aromatic carbocycles. The average Bonchev–Trinajstić information content (AvgIpc) is 2.67. The Morgan fingerprint density at radius 3 is 2.42 bits per heavy atom. The summed E-state index contributed by atoms with van der Waals surface area (Å²) in [6, 6.07) is 23.1. The predicted molar refractivity (Wildman–Crippen MR) is 101 cm³/mol. The third kappa shape index (κ3) is 4.42. The van der Waals surface area contributed by atoms with Crippen molar-refractivity contribution in [3.05, 3.63) is 83.9 Å². The minimum Gasteiger partial charge on any atom is -0.497 e. The molecule has 0 saturated carbocycles. The highest BCUT2D eigenvalue weighted by molar-refractivity contribution is 5.74. The van der Waals surface area contributed by atoms with Gasteiger partial charge < -0.3 is 14.6 Å². The number of carboxylic acids is 1. The molecule has 0 bridgehead atoms. The minimum atomic E-state index is -0.891. The van der Waals surface area contributed by atoms with Gasteiger partial charge in [0.15, 0.2) is 0 Å².